The molecule has 48 atom stereocenters. The molecule has 0 aromatic rings. The summed E-state index contributed by atoms with van der Waals surface area (Å²) in [5.41, 5.74) is 5.11. The van der Waals surface area contributed by atoms with E-state index in [1.54, 1.807) is 0 Å². The second-order valence-electron chi connectivity index (χ2n) is 36.1. The van der Waals surface area contributed by atoms with Crippen LogP contribution in [0.5, 0.6) is 0 Å². The molecule has 56 heteroatoms. The minimum atomic E-state index is -5.94. The van der Waals surface area contributed by atoms with Crippen molar-refractivity contribution in [3.63, 3.8) is 0 Å². The standard InChI is InChI=1S/C83H142N2O52P2/c1-32(2)13-9-14-33(3)15-10-16-34(4)17-11-18-35(5)19-12-20-36(6)21-22-119-138(114,115)137-139(116,117)136-76-49(85-38(8)95)58(104)68(46(30-93)127-76)129-75-48(84-37(7)94)57(103)69(45(29-92)126-75)130-80-67(113)71(132-82-74(63(109)54(100)42(26-89)124-82)135-83-73(62(108)53(99)43(27-90)125-83)134-79-65(111)60(106)51(97)40(24-87)122-79)56(102)47(128-80)31-118-77-66(112)70(55(101)44(28-91)120-77)131-81-72(61(107)52(98)41(25-88)123-81)133-78-64(110)59(105)50(96)39(23-86)121-78/h13,15,17,19,36,39-83,86-93,96-113H,9-12,14,16,18,20-31H2,1-8H3,(H,84,94)(H,85,95)(H,114,115)(H,116,117)/b33-15+,34-17+,35-19-/t36?,39-,40-,41-,42-,43-,44-,45-,46-,47-,48-,49-,50-,51-,52-,53-,54-,55-,56-,57-,58-,59+,60+,61+,62+,63+,64+,65+,66+,67+,68-,69-,70+,71+,72+,73+,74+,75+,76-,77+,78-,79-,80+,81-,82-,83-/m1/s1. The van der Waals surface area contributed by atoms with Crippen LogP contribution in [0.4, 0.5) is 0 Å². The molecule has 9 aliphatic heterocycles. The van der Waals surface area contributed by atoms with Gasteiger partial charge in [0.15, 0.2) is 56.6 Å². The Kier molecular flexibility index (Phi) is 46.7. The Labute approximate surface area is 798 Å². The number of amides is 2. The van der Waals surface area contributed by atoms with E-state index in [-0.39, 0.29) is 12.3 Å². The first kappa shape index (κ1) is 119. The average Bonchev–Trinajstić information content (AvgIpc) is 0.792. The number of aliphatic hydroxyl groups is 26. The molecule has 2 amide bonds. The second kappa shape index (κ2) is 54.6. The van der Waals surface area contributed by atoms with Crippen molar-refractivity contribution in [2.75, 3.05) is 66.1 Å². The summed E-state index contributed by atoms with van der Waals surface area (Å²) in [4.78, 5) is 47.9. The van der Waals surface area contributed by atoms with Crippen LogP contribution in [0.25, 0.3) is 0 Å². The maximum Gasteiger partial charge on any atom is 0.483 e. The molecule has 30 N–H and O–H groups in total. The molecule has 3 unspecified atom stereocenters. The van der Waals surface area contributed by atoms with E-state index in [0.717, 1.165) is 57.9 Å². The van der Waals surface area contributed by atoms with Crippen molar-refractivity contribution in [2.45, 2.75) is 389 Å². The summed E-state index contributed by atoms with van der Waals surface area (Å²) in [6, 6.07) is -4.21. The summed E-state index contributed by atoms with van der Waals surface area (Å²) in [5, 5.41) is 295. The van der Waals surface area contributed by atoms with Gasteiger partial charge in [-0.3, -0.25) is 18.6 Å². The van der Waals surface area contributed by atoms with Crippen LogP contribution < -0.4 is 10.6 Å². The molecule has 0 aromatic heterocycles. The van der Waals surface area contributed by atoms with E-state index < -0.39 is 370 Å². The predicted molar refractivity (Wildman–Crippen MR) is 457 cm³/mol. The number of nitrogens with one attached hydrogen (secondary N) is 2. The van der Waals surface area contributed by atoms with Crippen LogP contribution in [0.2, 0.25) is 0 Å². The first-order valence-electron chi connectivity index (χ1n) is 45.7. The number of rotatable bonds is 47. The first-order valence-corrected chi connectivity index (χ1v) is 48.7. The van der Waals surface area contributed by atoms with Gasteiger partial charge in [0.25, 0.3) is 0 Å². The number of phosphoric acid groups is 2. The molecule has 0 saturated carbocycles. The van der Waals surface area contributed by atoms with Gasteiger partial charge in [-0.05, 0) is 98.3 Å². The fraction of sp³-hybridized carbons (Fsp3) is 0.880. The monoisotopic (exact) mass is 2060 g/mol. The van der Waals surface area contributed by atoms with Crippen LogP contribution in [-0.4, -0.2) is 497 Å². The number of carbonyl (C=O) groups excluding carboxylic acids is 2. The molecule has 139 heavy (non-hydrogen) atoms. The van der Waals surface area contributed by atoms with Crippen LogP contribution in [0.15, 0.2) is 46.6 Å². The number of hydrogen-bond donors (Lipinski definition) is 30. The van der Waals surface area contributed by atoms with Gasteiger partial charge in [0, 0.05) is 13.8 Å². The van der Waals surface area contributed by atoms with Crippen molar-refractivity contribution in [3.05, 3.63) is 46.6 Å². The minimum absolute atomic E-state index is 0.109. The Bertz CT molecular complexity index is 3960. The second-order valence-corrected chi connectivity index (χ2v) is 39.1. The van der Waals surface area contributed by atoms with Gasteiger partial charge < -0.3 is 234 Å². The lowest BCUT2D eigenvalue weighted by Gasteiger charge is -2.51. The van der Waals surface area contributed by atoms with Crippen LogP contribution in [0, 0.1) is 5.92 Å². The molecule has 9 rings (SSSR count). The molecule has 9 aliphatic rings. The normalized spacial score (nSPS) is 43.4. The van der Waals surface area contributed by atoms with Crippen LogP contribution in [0.1, 0.15) is 113 Å². The van der Waals surface area contributed by atoms with E-state index in [4.69, 9.17) is 89.6 Å². The molecule has 9 heterocycles. The van der Waals surface area contributed by atoms with E-state index in [9.17, 15) is 161 Å². The summed E-state index contributed by atoms with van der Waals surface area (Å²) in [5.74, 6) is -2.17. The number of aliphatic hydroxyl groups excluding tert-OH is 26. The number of carbonyl (C=O) groups is 2. The number of ether oxygens (including phenoxy) is 17. The van der Waals surface area contributed by atoms with Crippen LogP contribution >= 0.6 is 15.6 Å². The number of allylic oxidation sites excluding steroid dienone is 8. The summed E-state index contributed by atoms with van der Waals surface area (Å²) in [6.45, 7) is 3.03. The Morgan fingerprint density at radius 3 is 1.01 bits per heavy atom. The average molecular weight is 2060 g/mol. The summed E-state index contributed by atoms with van der Waals surface area (Å²) < 4.78 is 142. The molecular formula is C83H142N2O52P2. The summed E-state index contributed by atoms with van der Waals surface area (Å²) >= 11 is 0. The molecule has 9 saturated heterocycles. The fourth-order valence-corrected chi connectivity index (χ4v) is 19.3. The number of phosphoric ester groups is 2. The Morgan fingerprint density at radius 1 is 0.309 bits per heavy atom. The van der Waals surface area contributed by atoms with Crippen LogP contribution in [0.3, 0.4) is 0 Å². The molecule has 54 nitrogen and oxygen atoms in total. The molecule has 0 bridgehead atoms. The zero-order valence-electron chi connectivity index (χ0n) is 77.5. The van der Waals surface area contributed by atoms with E-state index in [0.29, 0.717) is 12.8 Å². The smallest absolute Gasteiger partial charge is 0.394 e. The number of hydrogen-bond acceptors (Lipinski definition) is 50. The summed E-state index contributed by atoms with van der Waals surface area (Å²) in [6.07, 6.45) is -79.1. The first-order chi connectivity index (χ1) is 65.6. The van der Waals surface area contributed by atoms with E-state index in [1.165, 1.54) is 16.7 Å². The van der Waals surface area contributed by atoms with Crippen molar-refractivity contribution in [2.24, 2.45) is 5.92 Å². The van der Waals surface area contributed by atoms with Crippen molar-refractivity contribution >= 4 is 27.5 Å². The van der Waals surface area contributed by atoms with E-state index in [2.05, 4.69) is 66.9 Å². The molecule has 0 radical (unpaired) electrons. The van der Waals surface area contributed by atoms with Gasteiger partial charge in [-0.15, -0.1) is 0 Å². The molecular weight excluding hydrogens is 1920 g/mol. The Morgan fingerprint density at radius 2 is 0.612 bits per heavy atom. The van der Waals surface area contributed by atoms with Crippen molar-refractivity contribution in [1.82, 2.24) is 10.6 Å². The van der Waals surface area contributed by atoms with Crippen LogP contribution in [-0.2, 0) is 113 Å². The minimum Gasteiger partial charge on any atom is -0.394 e. The molecule has 0 aliphatic carbocycles. The lowest BCUT2D eigenvalue weighted by molar-refractivity contribution is -0.408. The van der Waals surface area contributed by atoms with Gasteiger partial charge in [-0.1, -0.05) is 53.5 Å². The van der Waals surface area contributed by atoms with E-state index >= 15 is 0 Å². The zero-order valence-corrected chi connectivity index (χ0v) is 79.3. The molecule has 0 spiro atoms. The van der Waals surface area contributed by atoms with Gasteiger partial charge in [0.2, 0.25) is 11.8 Å². The van der Waals surface area contributed by atoms with Gasteiger partial charge >= 0.3 is 15.6 Å². The zero-order chi connectivity index (χ0) is 103. The third-order valence-electron chi connectivity index (χ3n) is 25.2. The third kappa shape index (κ3) is 31.1. The molecule has 9 fully saturated rings. The maximum absolute atomic E-state index is 13.7. The van der Waals surface area contributed by atoms with Gasteiger partial charge in [0.1, 0.15) is 220 Å². The van der Waals surface area contributed by atoms with Gasteiger partial charge in [0.05, 0.1) is 66.1 Å². The largest absolute Gasteiger partial charge is 0.483 e. The molecule has 806 valence electrons. The quantitative estimate of drug-likeness (QED) is 0.0199. The van der Waals surface area contributed by atoms with Crippen molar-refractivity contribution in [3.8, 4) is 0 Å². The lowest BCUT2D eigenvalue weighted by Crippen LogP contribution is -2.70. The fourth-order valence-electron chi connectivity index (χ4n) is 17.1. The van der Waals surface area contributed by atoms with Gasteiger partial charge in [-0.25, -0.2) is 9.13 Å². The highest BCUT2D eigenvalue weighted by Gasteiger charge is 2.62. The Hall–Kier alpha value is -3.56. The van der Waals surface area contributed by atoms with Gasteiger partial charge in [-0.2, -0.15) is 4.31 Å². The molecule has 0 aromatic carbocycles. The lowest BCUT2D eigenvalue weighted by atomic mass is 9.94. The topological polar surface area (TPSA) is 843 Å². The third-order valence-corrected chi connectivity index (χ3v) is 27.8. The Balaban J connectivity index is 0.952. The SMILES string of the molecule is CC(=O)N[C@H]1[C@H](O[C@H]2[C@H](O)[C@@H](NC(C)=O)[C@@H](OP(=O)(O)OP(=O)(O)OCCC(C)CC/C=C(/C)CC/C=C(\C)CC/C=C(\C)CCC=C(C)C)O[C@@H]2CO)O[C@H](CO)[C@@H](O[C@@H]2O[C@H](CO[C@H]3O[C@H](CO)[C@@H](O)[C@H](O[C@H]4O[C@H](CO)[C@@H](O)[C@H](O)[C@@H]4O[C@H]4O[C@H](CO)[C@@H](O)[C@H](O)[C@@H]4O)[C@@H]3O)[C@@H](O)[C@H](O[C@H]3O[C@H](CO)[C@@H](O)[C@H](O)[C@@H]3O[C@H]3O[C@H](CO)[C@@H](O)[C@H](O)[C@@H]3O[C@H]3O[C@H](CO)[C@@H](O)[C@H](O)[C@@H]3O)[C@@H]2O)[C@@H]1O. The highest BCUT2D eigenvalue weighted by atomic mass is 31.3. The highest BCUT2D eigenvalue weighted by molar-refractivity contribution is 7.61. The van der Waals surface area contributed by atoms with E-state index in [1.807, 2.05) is 13.8 Å². The summed E-state index contributed by atoms with van der Waals surface area (Å²) in [7, 11) is -11.5. The van der Waals surface area contributed by atoms with Crippen molar-refractivity contribution in [1.29, 1.82) is 0 Å². The van der Waals surface area contributed by atoms with Crippen molar-refractivity contribution < 1.29 is 255 Å². The highest BCUT2D eigenvalue weighted by Crippen LogP contribution is 2.62. The predicted octanol–water partition coefficient (Wildman–Crippen LogP) is -11.1. The maximum atomic E-state index is 13.7.